The van der Waals surface area contributed by atoms with Crippen molar-refractivity contribution < 1.29 is 4.79 Å². The van der Waals surface area contributed by atoms with Gasteiger partial charge < -0.3 is 15.6 Å². The van der Waals surface area contributed by atoms with Crippen LogP contribution >= 0.6 is 0 Å². The van der Waals surface area contributed by atoms with E-state index in [-0.39, 0.29) is 5.91 Å². The Morgan fingerprint density at radius 2 is 2.29 bits per heavy atom. The van der Waals surface area contributed by atoms with Gasteiger partial charge in [-0.3, -0.25) is 4.79 Å². The molecular formula is C12H20N4O. The van der Waals surface area contributed by atoms with Gasteiger partial charge in [-0.2, -0.15) is 0 Å². The van der Waals surface area contributed by atoms with Crippen LogP contribution in [-0.2, 0) is 11.2 Å². The number of rotatable bonds is 6. The number of amides is 1. The quantitative estimate of drug-likeness (QED) is 0.677. The van der Waals surface area contributed by atoms with Crippen molar-refractivity contribution >= 4 is 5.91 Å². The first-order chi connectivity index (χ1) is 8.34. The van der Waals surface area contributed by atoms with Gasteiger partial charge >= 0.3 is 0 Å². The van der Waals surface area contributed by atoms with Crippen molar-refractivity contribution in [2.75, 3.05) is 13.1 Å². The Bertz CT molecular complexity index is 330. The smallest absolute Gasteiger partial charge is 0.233 e. The van der Waals surface area contributed by atoms with Gasteiger partial charge in [-0.05, 0) is 12.8 Å². The van der Waals surface area contributed by atoms with Gasteiger partial charge in [0.25, 0.3) is 0 Å². The summed E-state index contributed by atoms with van der Waals surface area (Å²) < 4.78 is 0. The highest BCUT2D eigenvalue weighted by Gasteiger charge is 2.14. The zero-order valence-electron chi connectivity index (χ0n) is 10.0. The normalized spacial score (nSPS) is 16.2. The molecule has 2 rings (SSSR count). The number of aromatic nitrogens is 2. The van der Waals surface area contributed by atoms with Crippen molar-refractivity contribution in [3.63, 3.8) is 0 Å². The van der Waals surface area contributed by atoms with E-state index in [0.717, 1.165) is 12.1 Å². The van der Waals surface area contributed by atoms with Crippen LogP contribution in [-0.4, -0.2) is 35.0 Å². The molecule has 1 saturated carbocycles. The number of imidazole rings is 1. The van der Waals surface area contributed by atoms with Crippen LogP contribution in [0.2, 0.25) is 0 Å². The maximum atomic E-state index is 11.5. The van der Waals surface area contributed by atoms with Crippen molar-refractivity contribution in [3.05, 3.63) is 18.2 Å². The Morgan fingerprint density at radius 3 is 3.00 bits per heavy atom. The molecule has 94 valence electrons. The zero-order valence-corrected chi connectivity index (χ0v) is 10.0. The third-order valence-electron chi connectivity index (χ3n) is 3.18. The highest BCUT2D eigenvalue weighted by molar-refractivity contribution is 5.77. The zero-order chi connectivity index (χ0) is 11.9. The second-order valence-electron chi connectivity index (χ2n) is 4.54. The lowest BCUT2D eigenvalue weighted by atomic mass is 10.2. The largest absolute Gasteiger partial charge is 0.355 e. The summed E-state index contributed by atoms with van der Waals surface area (Å²) in [7, 11) is 0. The van der Waals surface area contributed by atoms with E-state index in [1.165, 1.54) is 25.7 Å². The molecule has 5 heteroatoms. The van der Waals surface area contributed by atoms with Crippen molar-refractivity contribution in [2.24, 2.45) is 0 Å². The Morgan fingerprint density at radius 1 is 1.47 bits per heavy atom. The number of hydrogen-bond donors (Lipinski definition) is 3. The number of nitrogens with zero attached hydrogens (tertiary/aromatic N) is 1. The van der Waals surface area contributed by atoms with Crippen LogP contribution < -0.4 is 10.6 Å². The molecule has 0 aromatic carbocycles. The Labute approximate surface area is 101 Å². The molecule has 0 atom stereocenters. The highest BCUT2D eigenvalue weighted by atomic mass is 16.1. The number of carbonyl (C=O) groups excluding carboxylic acids is 1. The molecule has 3 N–H and O–H groups in total. The minimum atomic E-state index is 0.0800. The monoisotopic (exact) mass is 236 g/mol. The maximum Gasteiger partial charge on any atom is 0.233 e. The fraction of sp³-hybridized carbons (Fsp3) is 0.667. The second kappa shape index (κ2) is 6.39. The van der Waals surface area contributed by atoms with Gasteiger partial charge in [-0.1, -0.05) is 12.8 Å². The number of carbonyl (C=O) groups is 1. The molecule has 1 fully saturated rings. The molecule has 0 unspecified atom stereocenters. The van der Waals surface area contributed by atoms with Crippen LogP contribution in [0.15, 0.2) is 12.5 Å². The Hall–Kier alpha value is -1.36. The van der Waals surface area contributed by atoms with E-state index >= 15 is 0 Å². The standard InChI is InChI=1S/C12H20N4O/c17-12(8-15-10-3-1-2-4-10)14-6-5-11-7-13-9-16-11/h7,9-10,15H,1-6,8H2,(H,13,16)(H,14,17). The van der Waals surface area contributed by atoms with Gasteiger partial charge in [0, 0.05) is 30.9 Å². The predicted octanol–water partition coefficient (Wildman–Crippen LogP) is 0.601. The maximum absolute atomic E-state index is 11.5. The minimum absolute atomic E-state index is 0.0800. The summed E-state index contributed by atoms with van der Waals surface area (Å²) in [6, 6.07) is 0.549. The van der Waals surface area contributed by atoms with E-state index in [1.54, 1.807) is 12.5 Å². The lowest BCUT2D eigenvalue weighted by molar-refractivity contribution is -0.120. The average molecular weight is 236 g/mol. The van der Waals surface area contributed by atoms with Crippen molar-refractivity contribution in [2.45, 2.75) is 38.1 Å². The fourth-order valence-electron chi connectivity index (χ4n) is 2.19. The molecule has 5 nitrogen and oxygen atoms in total. The molecule has 0 spiro atoms. The predicted molar refractivity (Wildman–Crippen MR) is 65.6 cm³/mol. The van der Waals surface area contributed by atoms with Crippen molar-refractivity contribution in [1.82, 2.24) is 20.6 Å². The summed E-state index contributed by atoms with van der Waals surface area (Å²) in [6.07, 6.45) is 9.23. The summed E-state index contributed by atoms with van der Waals surface area (Å²) in [5, 5.41) is 6.19. The van der Waals surface area contributed by atoms with Crippen molar-refractivity contribution in [1.29, 1.82) is 0 Å². The van der Waals surface area contributed by atoms with E-state index in [1.807, 2.05) is 0 Å². The highest BCUT2D eigenvalue weighted by Crippen LogP contribution is 2.17. The van der Waals surface area contributed by atoms with E-state index in [9.17, 15) is 4.79 Å². The first-order valence-corrected chi connectivity index (χ1v) is 6.32. The van der Waals surface area contributed by atoms with E-state index < -0.39 is 0 Å². The molecule has 0 bridgehead atoms. The topological polar surface area (TPSA) is 69.8 Å². The molecule has 1 aliphatic carbocycles. The van der Waals surface area contributed by atoms with E-state index in [0.29, 0.717) is 19.1 Å². The van der Waals surface area contributed by atoms with Gasteiger partial charge in [-0.15, -0.1) is 0 Å². The lowest BCUT2D eigenvalue weighted by Gasteiger charge is -2.11. The van der Waals surface area contributed by atoms with Gasteiger partial charge in [0.05, 0.1) is 12.9 Å². The average Bonchev–Trinajstić information content (AvgIpc) is 2.99. The summed E-state index contributed by atoms with van der Waals surface area (Å²) in [6.45, 7) is 1.10. The van der Waals surface area contributed by atoms with Gasteiger partial charge in [0.15, 0.2) is 0 Å². The number of aromatic amines is 1. The SMILES string of the molecule is O=C(CNC1CCCC1)NCCc1cnc[nH]1. The minimum Gasteiger partial charge on any atom is -0.355 e. The first-order valence-electron chi connectivity index (χ1n) is 6.32. The van der Waals surface area contributed by atoms with Crippen LogP contribution in [0, 0.1) is 0 Å². The molecule has 1 aromatic rings. The van der Waals surface area contributed by atoms with E-state index in [2.05, 4.69) is 20.6 Å². The first kappa shape index (κ1) is 12.1. The number of nitrogens with one attached hydrogen (secondary N) is 3. The molecular weight excluding hydrogens is 216 g/mol. The van der Waals surface area contributed by atoms with Crippen molar-refractivity contribution in [3.8, 4) is 0 Å². The summed E-state index contributed by atoms with van der Waals surface area (Å²) in [5.41, 5.74) is 1.05. The molecule has 1 aromatic heterocycles. The van der Waals surface area contributed by atoms with Gasteiger partial charge in [0.2, 0.25) is 5.91 Å². The summed E-state index contributed by atoms with van der Waals surface area (Å²) in [4.78, 5) is 18.5. The second-order valence-corrected chi connectivity index (χ2v) is 4.54. The van der Waals surface area contributed by atoms with Crippen LogP contribution in [0.4, 0.5) is 0 Å². The van der Waals surface area contributed by atoms with Gasteiger partial charge in [0.1, 0.15) is 0 Å². The van der Waals surface area contributed by atoms with Crippen LogP contribution in [0.1, 0.15) is 31.4 Å². The molecule has 0 aliphatic heterocycles. The molecule has 0 saturated heterocycles. The fourth-order valence-corrected chi connectivity index (χ4v) is 2.19. The van der Waals surface area contributed by atoms with Crippen LogP contribution in [0.25, 0.3) is 0 Å². The van der Waals surface area contributed by atoms with Crippen LogP contribution in [0.3, 0.4) is 0 Å². The lowest BCUT2D eigenvalue weighted by Crippen LogP contribution is -2.38. The Balaban J connectivity index is 1.54. The third-order valence-corrected chi connectivity index (χ3v) is 3.18. The molecule has 1 amide bonds. The number of H-pyrrole nitrogens is 1. The summed E-state index contributed by atoms with van der Waals surface area (Å²) in [5.74, 6) is 0.0800. The number of hydrogen-bond acceptors (Lipinski definition) is 3. The molecule has 0 radical (unpaired) electrons. The molecule has 1 aliphatic rings. The third kappa shape index (κ3) is 4.19. The van der Waals surface area contributed by atoms with Crippen LogP contribution in [0.5, 0.6) is 0 Å². The molecule has 1 heterocycles. The molecule has 17 heavy (non-hydrogen) atoms. The van der Waals surface area contributed by atoms with Gasteiger partial charge in [-0.25, -0.2) is 4.98 Å². The van der Waals surface area contributed by atoms with E-state index in [4.69, 9.17) is 0 Å². The Kier molecular flexibility index (Phi) is 4.55. The summed E-state index contributed by atoms with van der Waals surface area (Å²) >= 11 is 0.